The van der Waals surface area contributed by atoms with Crippen LogP contribution in [0.15, 0.2) is 5.16 Å². The highest BCUT2D eigenvalue weighted by Gasteiger charge is 2.53. The Bertz CT molecular complexity index is 339. The molecule has 5 nitrogen and oxygen atoms in total. The molecule has 1 saturated carbocycles. The van der Waals surface area contributed by atoms with E-state index in [0.29, 0.717) is 12.3 Å². The van der Waals surface area contributed by atoms with E-state index in [4.69, 9.17) is 15.7 Å². The van der Waals surface area contributed by atoms with Crippen molar-refractivity contribution in [3.05, 3.63) is 0 Å². The molecule has 4 atom stereocenters. The third-order valence-corrected chi connectivity index (χ3v) is 4.08. The first-order chi connectivity index (χ1) is 8.10. The number of fused-ring (bicyclic) bond motifs is 1. The Balaban J connectivity index is 2.18. The van der Waals surface area contributed by atoms with Gasteiger partial charge in [0.05, 0.1) is 17.5 Å². The Labute approximate surface area is 101 Å². The Morgan fingerprint density at radius 1 is 1.59 bits per heavy atom. The number of nitrogens with zero attached hydrogens (tertiary/aromatic N) is 1. The number of carbonyl (C=O) groups is 1. The van der Waals surface area contributed by atoms with Gasteiger partial charge in [0.25, 0.3) is 0 Å². The fourth-order valence-electron chi connectivity index (χ4n) is 3.07. The zero-order chi connectivity index (χ0) is 12.6. The predicted molar refractivity (Wildman–Crippen MR) is 63.6 cm³/mol. The first-order valence-electron chi connectivity index (χ1n) is 6.32. The lowest BCUT2D eigenvalue weighted by Crippen LogP contribution is -2.37. The lowest BCUT2D eigenvalue weighted by atomic mass is 9.84. The van der Waals surface area contributed by atoms with E-state index in [1.807, 2.05) is 0 Å². The summed E-state index contributed by atoms with van der Waals surface area (Å²) >= 11 is 0. The monoisotopic (exact) mass is 240 g/mol. The maximum absolute atomic E-state index is 11.1. The number of carboxylic acid groups (broad SMARTS) is 1. The molecule has 0 saturated heterocycles. The quantitative estimate of drug-likeness (QED) is 0.773. The van der Waals surface area contributed by atoms with Crippen LogP contribution in [0.25, 0.3) is 0 Å². The normalized spacial score (nSPS) is 35.6. The van der Waals surface area contributed by atoms with Crippen molar-refractivity contribution < 1.29 is 14.7 Å². The van der Waals surface area contributed by atoms with E-state index >= 15 is 0 Å². The number of oxime groups is 1. The van der Waals surface area contributed by atoms with E-state index in [1.165, 1.54) is 0 Å². The third-order valence-electron chi connectivity index (χ3n) is 4.08. The van der Waals surface area contributed by atoms with Gasteiger partial charge in [-0.2, -0.15) is 0 Å². The lowest BCUT2D eigenvalue weighted by molar-refractivity contribution is -0.145. The van der Waals surface area contributed by atoms with Crippen LogP contribution in [0, 0.1) is 17.8 Å². The second kappa shape index (κ2) is 4.64. The molecule has 1 aliphatic heterocycles. The summed E-state index contributed by atoms with van der Waals surface area (Å²) in [4.78, 5) is 16.5. The van der Waals surface area contributed by atoms with Crippen molar-refractivity contribution in [1.82, 2.24) is 0 Å². The molecule has 3 N–H and O–H groups in total. The first-order valence-corrected chi connectivity index (χ1v) is 6.32. The van der Waals surface area contributed by atoms with Gasteiger partial charge in [0, 0.05) is 12.0 Å². The molecule has 0 bridgehead atoms. The topological polar surface area (TPSA) is 84.9 Å². The van der Waals surface area contributed by atoms with Crippen LogP contribution in [0.5, 0.6) is 0 Å². The first kappa shape index (κ1) is 12.4. The van der Waals surface area contributed by atoms with Crippen molar-refractivity contribution in [1.29, 1.82) is 0 Å². The molecule has 0 aromatic rings. The van der Waals surface area contributed by atoms with E-state index in [-0.39, 0.29) is 18.1 Å². The van der Waals surface area contributed by atoms with Crippen LogP contribution in [-0.2, 0) is 9.63 Å². The molecular formula is C12H20N2O3. The smallest absolute Gasteiger partial charge is 0.310 e. The van der Waals surface area contributed by atoms with E-state index in [1.54, 1.807) is 0 Å². The minimum Gasteiger partial charge on any atom is -0.481 e. The Kier molecular flexibility index (Phi) is 3.38. The van der Waals surface area contributed by atoms with Crippen LogP contribution < -0.4 is 5.73 Å². The van der Waals surface area contributed by atoms with Gasteiger partial charge in [0.2, 0.25) is 0 Å². The molecule has 0 aromatic heterocycles. The summed E-state index contributed by atoms with van der Waals surface area (Å²) in [6.45, 7) is 4.22. The van der Waals surface area contributed by atoms with Crippen molar-refractivity contribution in [2.24, 2.45) is 28.6 Å². The van der Waals surface area contributed by atoms with Gasteiger partial charge in [0.15, 0.2) is 6.10 Å². The zero-order valence-corrected chi connectivity index (χ0v) is 10.3. The van der Waals surface area contributed by atoms with Gasteiger partial charge in [0.1, 0.15) is 0 Å². The average molecular weight is 240 g/mol. The molecule has 0 spiro atoms. The van der Waals surface area contributed by atoms with Crippen LogP contribution in [0.2, 0.25) is 0 Å². The molecule has 1 aliphatic carbocycles. The SMILES string of the molecule is CCC(CC)C1=NO[C@H]2C(C(=O)O)C[C@H](N)C12. The Hall–Kier alpha value is -1.10. The minimum absolute atomic E-state index is 0.000926. The third kappa shape index (κ3) is 1.92. The second-order valence-electron chi connectivity index (χ2n) is 4.97. The summed E-state index contributed by atoms with van der Waals surface area (Å²) in [5, 5.41) is 13.2. The molecular weight excluding hydrogens is 220 g/mol. The standard InChI is InChI=1S/C12H20N2O3/c1-3-6(4-2)10-9-8(13)5-7(12(15)16)11(9)17-14-10/h6-9,11H,3-5,13H2,1-2H3,(H,15,16)/t7?,8-,9?,11-/m0/s1. The molecule has 2 unspecified atom stereocenters. The zero-order valence-electron chi connectivity index (χ0n) is 10.3. The van der Waals surface area contributed by atoms with Gasteiger partial charge in [-0.1, -0.05) is 19.0 Å². The Morgan fingerprint density at radius 3 is 2.76 bits per heavy atom. The Morgan fingerprint density at radius 2 is 2.24 bits per heavy atom. The van der Waals surface area contributed by atoms with E-state index in [9.17, 15) is 4.79 Å². The van der Waals surface area contributed by atoms with Crippen molar-refractivity contribution in [2.45, 2.75) is 45.3 Å². The van der Waals surface area contributed by atoms with Gasteiger partial charge in [-0.25, -0.2) is 0 Å². The second-order valence-corrected chi connectivity index (χ2v) is 4.97. The number of hydrogen-bond donors (Lipinski definition) is 2. The maximum atomic E-state index is 11.1. The fourth-order valence-corrected chi connectivity index (χ4v) is 3.07. The average Bonchev–Trinajstić information content (AvgIpc) is 2.83. The van der Waals surface area contributed by atoms with Crippen LogP contribution >= 0.6 is 0 Å². The number of carboxylic acids is 1. The van der Waals surface area contributed by atoms with Gasteiger partial charge in [-0.05, 0) is 19.3 Å². The van der Waals surface area contributed by atoms with E-state index in [2.05, 4.69) is 19.0 Å². The van der Waals surface area contributed by atoms with Crippen LogP contribution in [0.3, 0.4) is 0 Å². The summed E-state index contributed by atoms with van der Waals surface area (Å²) in [6.07, 6.45) is 2.13. The predicted octanol–water partition coefficient (Wildman–Crippen LogP) is 1.23. The fraction of sp³-hybridized carbons (Fsp3) is 0.833. The maximum Gasteiger partial charge on any atom is 0.310 e. The highest BCUT2D eigenvalue weighted by atomic mass is 16.6. The summed E-state index contributed by atoms with van der Waals surface area (Å²) in [5.74, 6) is -0.968. The molecule has 0 aromatic carbocycles. The number of hydrogen-bond acceptors (Lipinski definition) is 4. The highest BCUT2D eigenvalue weighted by Crippen LogP contribution is 2.40. The number of aliphatic carboxylic acids is 1. The van der Waals surface area contributed by atoms with Gasteiger partial charge < -0.3 is 15.7 Å². The molecule has 0 radical (unpaired) electrons. The van der Waals surface area contributed by atoms with Gasteiger partial charge >= 0.3 is 5.97 Å². The largest absolute Gasteiger partial charge is 0.481 e. The van der Waals surface area contributed by atoms with Crippen LogP contribution in [0.4, 0.5) is 0 Å². The summed E-state index contributed by atoms with van der Waals surface area (Å²) in [5.41, 5.74) is 7.04. The molecule has 2 rings (SSSR count). The van der Waals surface area contributed by atoms with Crippen molar-refractivity contribution in [3.8, 4) is 0 Å². The number of nitrogens with two attached hydrogens (primary N) is 1. The molecule has 0 amide bonds. The molecule has 17 heavy (non-hydrogen) atoms. The van der Waals surface area contributed by atoms with Gasteiger partial charge in [-0.15, -0.1) is 0 Å². The van der Waals surface area contributed by atoms with E-state index in [0.717, 1.165) is 18.6 Å². The number of rotatable bonds is 4. The lowest BCUT2D eigenvalue weighted by Gasteiger charge is -2.20. The summed E-state index contributed by atoms with van der Waals surface area (Å²) in [6, 6.07) is -0.136. The van der Waals surface area contributed by atoms with Crippen LogP contribution in [-0.4, -0.2) is 28.9 Å². The molecule has 1 fully saturated rings. The molecule has 96 valence electrons. The van der Waals surface area contributed by atoms with E-state index < -0.39 is 11.9 Å². The van der Waals surface area contributed by atoms with Crippen molar-refractivity contribution in [3.63, 3.8) is 0 Å². The van der Waals surface area contributed by atoms with Crippen LogP contribution in [0.1, 0.15) is 33.1 Å². The van der Waals surface area contributed by atoms with Crippen molar-refractivity contribution in [2.75, 3.05) is 0 Å². The molecule has 2 aliphatic rings. The molecule has 5 heteroatoms. The summed E-state index contributed by atoms with van der Waals surface area (Å²) in [7, 11) is 0. The highest BCUT2D eigenvalue weighted by molar-refractivity contribution is 5.92. The summed E-state index contributed by atoms with van der Waals surface area (Å²) < 4.78 is 0. The minimum atomic E-state index is -0.825. The van der Waals surface area contributed by atoms with Crippen molar-refractivity contribution >= 4 is 11.7 Å². The van der Waals surface area contributed by atoms with Gasteiger partial charge in [-0.3, -0.25) is 4.79 Å². The molecule has 1 heterocycles.